The molecule has 1 aromatic heterocycles. The fraction of sp³-hybridized carbons (Fsp3) is 0. The van der Waals surface area contributed by atoms with Crippen molar-refractivity contribution >= 4 is 40.6 Å². The van der Waals surface area contributed by atoms with Gasteiger partial charge in [0.05, 0.1) is 15.1 Å². The van der Waals surface area contributed by atoms with Crippen molar-refractivity contribution in [3.05, 3.63) is 45.0 Å². The number of anilines is 1. The van der Waals surface area contributed by atoms with E-state index >= 15 is 0 Å². The lowest BCUT2D eigenvalue weighted by Crippen LogP contribution is -1.97. The highest BCUT2D eigenvalue weighted by atomic mass is 35.5. The SMILES string of the molecule is N#Cc1ccc(-c2c(Cl)ccc(Cl)c2Cl)c(N)n1. The molecule has 3 nitrogen and oxygen atoms in total. The molecule has 0 saturated carbocycles. The van der Waals surface area contributed by atoms with Crippen LogP contribution < -0.4 is 5.73 Å². The molecule has 2 aromatic rings. The molecule has 1 heterocycles. The van der Waals surface area contributed by atoms with Crippen LogP contribution in [0.25, 0.3) is 11.1 Å². The predicted octanol–water partition coefficient (Wildman–Crippen LogP) is 4.16. The average molecular weight is 299 g/mol. The average Bonchev–Trinajstić information content (AvgIpc) is 2.36. The second kappa shape index (κ2) is 5.03. The van der Waals surface area contributed by atoms with Crippen LogP contribution in [0.15, 0.2) is 24.3 Å². The second-order valence-corrected chi connectivity index (χ2v) is 4.65. The molecule has 18 heavy (non-hydrogen) atoms. The van der Waals surface area contributed by atoms with Crippen molar-refractivity contribution in [2.75, 3.05) is 5.73 Å². The molecule has 0 unspecified atom stereocenters. The maximum absolute atomic E-state index is 8.74. The van der Waals surface area contributed by atoms with E-state index < -0.39 is 0 Å². The number of aromatic nitrogens is 1. The van der Waals surface area contributed by atoms with Crippen LogP contribution in [0.1, 0.15) is 5.69 Å². The van der Waals surface area contributed by atoms with Gasteiger partial charge in [-0.25, -0.2) is 4.98 Å². The number of halogens is 3. The van der Waals surface area contributed by atoms with E-state index in [0.717, 1.165) is 0 Å². The Labute approximate surface area is 119 Å². The minimum Gasteiger partial charge on any atom is -0.383 e. The van der Waals surface area contributed by atoms with E-state index in [-0.39, 0.29) is 11.5 Å². The third kappa shape index (κ3) is 2.23. The molecule has 0 aliphatic rings. The molecule has 0 aliphatic heterocycles. The monoisotopic (exact) mass is 297 g/mol. The molecule has 0 saturated heterocycles. The summed E-state index contributed by atoms with van der Waals surface area (Å²) in [6.45, 7) is 0. The van der Waals surface area contributed by atoms with Crippen LogP contribution in [0.4, 0.5) is 5.82 Å². The molecule has 0 bridgehead atoms. The lowest BCUT2D eigenvalue weighted by atomic mass is 10.1. The van der Waals surface area contributed by atoms with Gasteiger partial charge in [-0.3, -0.25) is 0 Å². The highest BCUT2D eigenvalue weighted by Gasteiger charge is 2.15. The van der Waals surface area contributed by atoms with Crippen molar-refractivity contribution < 1.29 is 0 Å². The highest BCUT2D eigenvalue weighted by molar-refractivity contribution is 6.46. The van der Waals surface area contributed by atoms with Crippen LogP contribution in [-0.4, -0.2) is 4.98 Å². The van der Waals surface area contributed by atoms with Gasteiger partial charge in [0.25, 0.3) is 0 Å². The molecule has 0 radical (unpaired) electrons. The van der Waals surface area contributed by atoms with Crippen molar-refractivity contribution in [3.63, 3.8) is 0 Å². The van der Waals surface area contributed by atoms with Crippen molar-refractivity contribution in [3.8, 4) is 17.2 Å². The minimum atomic E-state index is 0.181. The third-order valence-corrected chi connectivity index (χ3v) is 3.47. The van der Waals surface area contributed by atoms with Gasteiger partial charge >= 0.3 is 0 Å². The van der Waals surface area contributed by atoms with Gasteiger partial charge in [0.1, 0.15) is 17.6 Å². The van der Waals surface area contributed by atoms with E-state index in [1.807, 2.05) is 6.07 Å². The summed E-state index contributed by atoms with van der Waals surface area (Å²) in [6, 6.07) is 8.32. The van der Waals surface area contributed by atoms with Crippen LogP contribution in [-0.2, 0) is 0 Å². The third-order valence-electron chi connectivity index (χ3n) is 2.35. The topological polar surface area (TPSA) is 62.7 Å². The van der Waals surface area contributed by atoms with Crippen LogP contribution in [0.2, 0.25) is 15.1 Å². The number of pyridine rings is 1. The fourth-order valence-electron chi connectivity index (χ4n) is 1.52. The molecule has 2 rings (SSSR count). The van der Waals surface area contributed by atoms with Crippen LogP contribution in [0, 0.1) is 11.3 Å². The summed E-state index contributed by atoms with van der Waals surface area (Å²) in [5.74, 6) is 0.181. The quantitative estimate of drug-likeness (QED) is 0.804. The lowest BCUT2D eigenvalue weighted by Gasteiger charge is -2.10. The van der Waals surface area contributed by atoms with Crippen molar-refractivity contribution in [2.24, 2.45) is 0 Å². The Balaban J connectivity index is 2.70. The zero-order chi connectivity index (χ0) is 13.3. The highest BCUT2D eigenvalue weighted by Crippen LogP contribution is 2.40. The largest absolute Gasteiger partial charge is 0.383 e. The number of hydrogen-bond acceptors (Lipinski definition) is 3. The van der Waals surface area contributed by atoms with Gasteiger partial charge in [0.2, 0.25) is 0 Å². The first kappa shape index (κ1) is 13.0. The minimum absolute atomic E-state index is 0.181. The number of hydrogen-bond donors (Lipinski definition) is 1. The summed E-state index contributed by atoms with van der Waals surface area (Å²) in [4.78, 5) is 3.94. The van der Waals surface area contributed by atoms with Crippen molar-refractivity contribution in [1.82, 2.24) is 4.98 Å². The molecular formula is C12H6Cl3N3. The summed E-state index contributed by atoms with van der Waals surface area (Å²) in [5.41, 5.74) is 7.08. The maximum atomic E-state index is 8.74. The van der Waals surface area contributed by atoms with Crippen molar-refractivity contribution in [1.29, 1.82) is 5.26 Å². The summed E-state index contributed by atoms with van der Waals surface area (Å²) >= 11 is 18.1. The van der Waals surface area contributed by atoms with Crippen LogP contribution in [0.3, 0.4) is 0 Å². The molecular weight excluding hydrogens is 293 g/mol. The molecule has 0 fully saturated rings. The van der Waals surface area contributed by atoms with Crippen LogP contribution in [0.5, 0.6) is 0 Å². The Morgan fingerprint density at radius 3 is 2.33 bits per heavy atom. The molecule has 0 atom stereocenters. The smallest absolute Gasteiger partial charge is 0.142 e. The number of nitrogens with two attached hydrogens (primary N) is 1. The van der Waals surface area contributed by atoms with E-state index in [1.165, 1.54) is 0 Å². The summed E-state index contributed by atoms with van der Waals surface area (Å²) in [6.07, 6.45) is 0. The Bertz CT molecular complexity index is 662. The number of benzene rings is 1. The first-order valence-corrected chi connectivity index (χ1v) is 5.98. The van der Waals surface area contributed by atoms with Gasteiger partial charge in [0, 0.05) is 11.1 Å². The molecule has 6 heteroatoms. The predicted molar refractivity (Wildman–Crippen MR) is 73.8 cm³/mol. The number of nitrogens with zero attached hydrogens (tertiary/aromatic N) is 2. The first-order chi connectivity index (χ1) is 8.54. The number of rotatable bonds is 1. The van der Waals surface area contributed by atoms with Gasteiger partial charge in [-0.15, -0.1) is 0 Å². The second-order valence-electron chi connectivity index (χ2n) is 3.46. The Hall–Kier alpha value is -1.47. The standard InChI is InChI=1S/C12H6Cl3N3/c13-8-3-4-9(14)11(15)10(8)7-2-1-6(5-16)18-12(7)17/h1-4H,(H2,17,18). The Kier molecular flexibility index (Phi) is 3.63. The van der Waals surface area contributed by atoms with Gasteiger partial charge in [-0.2, -0.15) is 5.26 Å². The molecule has 90 valence electrons. The Morgan fingerprint density at radius 2 is 1.72 bits per heavy atom. The van der Waals surface area contributed by atoms with Gasteiger partial charge in [-0.05, 0) is 24.3 Å². The lowest BCUT2D eigenvalue weighted by molar-refractivity contribution is 1.27. The zero-order valence-electron chi connectivity index (χ0n) is 8.92. The normalized spacial score (nSPS) is 10.1. The molecule has 0 aliphatic carbocycles. The van der Waals surface area contributed by atoms with E-state index in [2.05, 4.69) is 4.98 Å². The van der Waals surface area contributed by atoms with E-state index in [4.69, 9.17) is 45.8 Å². The van der Waals surface area contributed by atoms with Crippen molar-refractivity contribution in [2.45, 2.75) is 0 Å². The first-order valence-electron chi connectivity index (χ1n) is 4.85. The van der Waals surface area contributed by atoms with Gasteiger partial charge in [-0.1, -0.05) is 34.8 Å². The number of nitriles is 1. The molecule has 0 amide bonds. The zero-order valence-corrected chi connectivity index (χ0v) is 11.2. The van der Waals surface area contributed by atoms with E-state index in [1.54, 1.807) is 24.3 Å². The maximum Gasteiger partial charge on any atom is 0.142 e. The van der Waals surface area contributed by atoms with E-state index in [9.17, 15) is 0 Å². The fourth-order valence-corrected chi connectivity index (χ4v) is 2.25. The van der Waals surface area contributed by atoms with Crippen LogP contribution >= 0.6 is 34.8 Å². The molecule has 1 aromatic carbocycles. The van der Waals surface area contributed by atoms with Gasteiger partial charge in [0.15, 0.2) is 0 Å². The van der Waals surface area contributed by atoms with Gasteiger partial charge < -0.3 is 5.73 Å². The molecule has 0 spiro atoms. The van der Waals surface area contributed by atoms with E-state index in [0.29, 0.717) is 26.2 Å². The summed E-state index contributed by atoms with van der Waals surface area (Å²) in [7, 11) is 0. The summed E-state index contributed by atoms with van der Waals surface area (Å²) < 4.78 is 0. The summed E-state index contributed by atoms with van der Waals surface area (Å²) in [5, 5.41) is 9.84. The Morgan fingerprint density at radius 1 is 1.06 bits per heavy atom. The number of nitrogen functional groups attached to an aromatic ring is 1. The molecule has 2 N–H and O–H groups in total.